The molecular weight excluding hydrogens is 278 g/mol. The zero-order valence-electron chi connectivity index (χ0n) is 12.9. The van der Waals surface area contributed by atoms with Crippen LogP contribution in [0, 0.1) is 0 Å². The van der Waals surface area contributed by atoms with Crippen molar-refractivity contribution in [3.63, 3.8) is 0 Å². The number of hydrogen-bond donors (Lipinski definition) is 2. The second kappa shape index (κ2) is 8.02. The number of ether oxygens (including phenoxy) is 1. The van der Waals surface area contributed by atoms with Gasteiger partial charge in [-0.3, -0.25) is 4.79 Å². The predicted molar refractivity (Wildman–Crippen MR) is 88.6 cm³/mol. The lowest BCUT2D eigenvalue weighted by Crippen LogP contribution is -2.14. The van der Waals surface area contributed by atoms with Crippen molar-refractivity contribution in [1.29, 1.82) is 0 Å². The number of para-hydroxylation sites is 2. The maximum atomic E-state index is 12.2. The molecule has 0 unspecified atom stereocenters. The molecule has 0 radical (unpaired) electrons. The van der Waals surface area contributed by atoms with Crippen molar-refractivity contribution in [1.82, 2.24) is 4.98 Å². The van der Waals surface area contributed by atoms with Crippen LogP contribution in [-0.2, 0) is 0 Å². The van der Waals surface area contributed by atoms with E-state index in [-0.39, 0.29) is 5.91 Å². The number of unbranched alkanes of at least 4 members (excludes halogenated alkanes) is 1. The first-order valence-electron chi connectivity index (χ1n) is 7.39. The molecule has 0 bridgehead atoms. The fourth-order valence-corrected chi connectivity index (χ4v) is 1.98. The van der Waals surface area contributed by atoms with Crippen LogP contribution in [0.2, 0.25) is 0 Å². The minimum Gasteiger partial charge on any atom is -0.495 e. The number of methoxy groups -OCH3 is 1. The zero-order chi connectivity index (χ0) is 15.8. The number of benzene rings is 1. The van der Waals surface area contributed by atoms with Gasteiger partial charge in [-0.1, -0.05) is 25.5 Å². The molecule has 2 N–H and O–H groups in total. The van der Waals surface area contributed by atoms with Crippen molar-refractivity contribution < 1.29 is 9.53 Å². The van der Waals surface area contributed by atoms with Crippen molar-refractivity contribution in [3.05, 3.63) is 48.3 Å². The first-order valence-corrected chi connectivity index (χ1v) is 7.39. The summed E-state index contributed by atoms with van der Waals surface area (Å²) >= 11 is 0. The van der Waals surface area contributed by atoms with Gasteiger partial charge in [-0.15, -0.1) is 0 Å². The van der Waals surface area contributed by atoms with Crippen molar-refractivity contribution in [2.45, 2.75) is 19.8 Å². The monoisotopic (exact) mass is 299 g/mol. The molecule has 1 amide bonds. The average Bonchev–Trinajstić information content (AvgIpc) is 2.56. The summed E-state index contributed by atoms with van der Waals surface area (Å²) in [6.07, 6.45) is 3.92. The third kappa shape index (κ3) is 4.22. The largest absolute Gasteiger partial charge is 0.495 e. The van der Waals surface area contributed by atoms with Crippen LogP contribution in [0.5, 0.6) is 5.75 Å². The summed E-state index contributed by atoms with van der Waals surface area (Å²) in [4.78, 5) is 16.4. The Morgan fingerprint density at radius 2 is 2.05 bits per heavy atom. The number of carbonyl (C=O) groups is 1. The molecular formula is C17H21N3O2. The van der Waals surface area contributed by atoms with Gasteiger partial charge in [0, 0.05) is 6.54 Å². The molecule has 1 aromatic carbocycles. The van der Waals surface area contributed by atoms with Crippen molar-refractivity contribution in [2.75, 3.05) is 24.3 Å². The minimum absolute atomic E-state index is 0.260. The maximum Gasteiger partial charge on any atom is 0.274 e. The van der Waals surface area contributed by atoms with Gasteiger partial charge in [0.25, 0.3) is 5.91 Å². The molecule has 22 heavy (non-hydrogen) atoms. The number of amides is 1. The van der Waals surface area contributed by atoms with Crippen LogP contribution in [0.15, 0.2) is 42.6 Å². The van der Waals surface area contributed by atoms with Gasteiger partial charge in [0.15, 0.2) is 0 Å². The lowest BCUT2D eigenvalue weighted by Gasteiger charge is -2.10. The summed E-state index contributed by atoms with van der Waals surface area (Å²) in [5, 5.41) is 6.07. The van der Waals surface area contributed by atoms with Crippen molar-refractivity contribution in [2.24, 2.45) is 0 Å². The van der Waals surface area contributed by atoms with E-state index in [4.69, 9.17) is 4.74 Å². The smallest absolute Gasteiger partial charge is 0.274 e. The standard InChI is InChI=1S/C17H21N3O2/c1-3-4-11-18-13-9-10-15(19-12-13)17(21)20-14-7-5-6-8-16(14)22-2/h5-10,12,18H,3-4,11H2,1-2H3,(H,20,21). The summed E-state index contributed by atoms with van der Waals surface area (Å²) in [6.45, 7) is 3.05. The SMILES string of the molecule is CCCCNc1ccc(C(=O)Nc2ccccc2OC)nc1. The molecule has 0 aliphatic rings. The van der Waals surface area contributed by atoms with Crippen LogP contribution >= 0.6 is 0 Å². The number of nitrogens with zero attached hydrogens (tertiary/aromatic N) is 1. The maximum absolute atomic E-state index is 12.2. The van der Waals surface area contributed by atoms with Gasteiger partial charge in [-0.2, -0.15) is 0 Å². The fraction of sp³-hybridized carbons (Fsp3) is 0.294. The topological polar surface area (TPSA) is 63.2 Å². The average molecular weight is 299 g/mol. The Hall–Kier alpha value is -2.56. The van der Waals surface area contributed by atoms with E-state index in [9.17, 15) is 4.79 Å². The molecule has 0 saturated heterocycles. The number of nitrogens with one attached hydrogen (secondary N) is 2. The number of pyridine rings is 1. The van der Waals surface area contributed by atoms with E-state index >= 15 is 0 Å². The van der Waals surface area contributed by atoms with E-state index in [0.29, 0.717) is 17.1 Å². The normalized spacial score (nSPS) is 10.1. The highest BCUT2D eigenvalue weighted by atomic mass is 16.5. The molecule has 2 aromatic rings. The Morgan fingerprint density at radius 3 is 2.73 bits per heavy atom. The third-order valence-electron chi connectivity index (χ3n) is 3.21. The zero-order valence-corrected chi connectivity index (χ0v) is 12.9. The lowest BCUT2D eigenvalue weighted by atomic mass is 10.2. The third-order valence-corrected chi connectivity index (χ3v) is 3.21. The van der Waals surface area contributed by atoms with E-state index in [1.165, 1.54) is 0 Å². The van der Waals surface area contributed by atoms with Crippen LogP contribution in [0.1, 0.15) is 30.3 Å². The van der Waals surface area contributed by atoms with Gasteiger partial charge >= 0.3 is 0 Å². The van der Waals surface area contributed by atoms with Crippen LogP contribution < -0.4 is 15.4 Å². The highest BCUT2D eigenvalue weighted by Gasteiger charge is 2.10. The first kappa shape index (κ1) is 15.8. The van der Waals surface area contributed by atoms with Gasteiger partial charge in [0.1, 0.15) is 11.4 Å². The highest BCUT2D eigenvalue weighted by molar-refractivity contribution is 6.03. The summed E-state index contributed by atoms with van der Waals surface area (Å²) < 4.78 is 5.21. The number of aromatic nitrogens is 1. The van der Waals surface area contributed by atoms with Crippen LogP contribution in [0.3, 0.4) is 0 Å². The minimum atomic E-state index is -0.260. The molecule has 0 aliphatic heterocycles. The highest BCUT2D eigenvalue weighted by Crippen LogP contribution is 2.23. The van der Waals surface area contributed by atoms with E-state index in [1.54, 1.807) is 31.5 Å². The molecule has 5 heteroatoms. The van der Waals surface area contributed by atoms with E-state index < -0.39 is 0 Å². The molecule has 0 fully saturated rings. The first-order chi connectivity index (χ1) is 10.7. The molecule has 116 valence electrons. The number of rotatable bonds is 7. The predicted octanol–water partition coefficient (Wildman–Crippen LogP) is 3.55. The van der Waals surface area contributed by atoms with E-state index in [2.05, 4.69) is 22.5 Å². The number of anilines is 2. The summed E-state index contributed by atoms with van der Waals surface area (Å²) in [5.41, 5.74) is 1.91. The molecule has 0 saturated carbocycles. The van der Waals surface area contributed by atoms with Gasteiger partial charge in [0.05, 0.1) is 24.7 Å². The Kier molecular flexibility index (Phi) is 5.77. The van der Waals surface area contributed by atoms with Crippen LogP contribution in [0.4, 0.5) is 11.4 Å². The fourth-order valence-electron chi connectivity index (χ4n) is 1.98. The van der Waals surface area contributed by atoms with E-state index in [0.717, 1.165) is 25.1 Å². The lowest BCUT2D eigenvalue weighted by molar-refractivity contribution is 0.102. The molecule has 0 spiro atoms. The number of hydrogen-bond acceptors (Lipinski definition) is 4. The van der Waals surface area contributed by atoms with Gasteiger partial charge in [0.2, 0.25) is 0 Å². The van der Waals surface area contributed by atoms with Gasteiger partial charge < -0.3 is 15.4 Å². The van der Waals surface area contributed by atoms with E-state index in [1.807, 2.05) is 18.2 Å². The summed E-state index contributed by atoms with van der Waals surface area (Å²) in [7, 11) is 1.57. The van der Waals surface area contributed by atoms with Crippen LogP contribution in [0.25, 0.3) is 0 Å². The number of carbonyl (C=O) groups excluding carboxylic acids is 1. The quantitative estimate of drug-likeness (QED) is 0.767. The Morgan fingerprint density at radius 1 is 1.23 bits per heavy atom. The summed E-state index contributed by atoms with van der Waals surface area (Å²) in [6, 6.07) is 10.8. The second-order valence-electron chi connectivity index (χ2n) is 4.87. The van der Waals surface area contributed by atoms with Crippen molar-refractivity contribution in [3.8, 4) is 5.75 Å². The van der Waals surface area contributed by atoms with Gasteiger partial charge in [-0.25, -0.2) is 4.98 Å². The molecule has 0 aliphatic carbocycles. The van der Waals surface area contributed by atoms with Crippen LogP contribution in [-0.4, -0.2) is 24.5 Å². The molecule has 1 aromatic heterocycles. The van der Waals surface area contributed by atoms with Gasteiger partial charge in [-0.05, 0) is 30.7 Å². The molecule has 1 heterocycles. The molecule has 0 atom stereocenters. The second-order valence-corrected chi connectivity index (χ2v) is 4.87. The Balaban J connectivity index is 2.00. The molecule has 2 rings (SSSR count). The van der Waals surface area contributed by atoms with Crippen molar-refractivity contribution >= 4 is 17.3 Å². The molecule has 5 nitrogen and oxygen atoms in total. The Bertz CT molecular complexity index is 612. The summed E-state index contributed by atoms with van der Waals surface area (Å²) in [5.74, 6) is 0.360. The Labute approximate surface area is 130 Å².